The number of methoxy groups -OCH3 is 1. The highest BCUT2D eigenvalue weighted by Crippen LogP contribution is 2.32. The van der Waals surface area contributed by atoms with Crippen molar-refractivity contribution in [1.29, 1.82) is 0 Å². The number of benzene rings is 2. The smallest absolute Gasteiger partial charge is 0.271 e. The molecule has 5 rings (SSSR count). The van der Waals surface area contributed by atoms with E-state index in [9.17, 15) is 9.59 Å². The molecule has 188 valence electrons. The number of carbonyl (C=O) groups excluding carboxylic acids is 1. The molecular weight excluding hydrogens is 488 g/mol. The Kier molecular flexibility index (Phi) is 6.54. The zero-order valence-electron chi connectivity index (χ0n) is 20.9. The van der Waals surface area contributed by atoms with E-state index in [0.717, 1.165) is 5.56 Å². The number of nitrogens with zero attached hydrogens (tertiary/aromatic N) is 3. The van der Waals surface area contributed by atoms with Gasteiger partial charge in [0, 0.05) is 31.9 Å². The number of aromatic nitrogens is 1. The van der Waals surface area contributed by atoms with E-state index in [4.69, 9.17) is 9.15 Å². The average Bonchev–Trinajstić information content (AvgIpc) is 3.48. The summed E-state index contributed by atoms with van der Waals surface area (Å²) in [6, 6.07) is 19.6. The van der Waals surface area contributed by atoms with Crippen LogP contribution in [0, 0.1) is 0 Å². The fourth-order valence-electron chi connectivity index (χ4n) is 4.25. The summed E-state index contributed by atoms with van der Waals surface area (Å²) >= 11 is 1.26. The Morgan fingerprint density at radius 3 is 2.62 bits per heavy atom. The molecule has 0 spiro atoms. The number of allylic oxidation sites excluding steroid dienone is 1. The zero-order chi connectivity index (χ0) is 26.1. The summed E-state index contributed by atoms with van der Waals surface area (Å²) in [5.41, 5.74) is 2.08. The van der Waals surface area contributed by atoms with Crippen LogP contribution in [0.2, 0.25) is 0 Å². The first-order chi connectivity index (χ1) is 17.9. The van der Waals surface area contributed by atoms with Crippen LogP contribution in [0.4, 0.5) is 11.6 Å². The number of anilines is 2. The quantitative estimate of drug-likeness (QED) is 0.425. The second kappa shape index (κ2) is 9.94. The molecule has 4 aromatic rings. The summed E-state index contributed by atoms with van der Waals surface area (Å²) in [6.07, 6.45) is 1.71. The maximum atomic E-state index is 13.8. The number of thiazole rings is 1. The van der Waals surface area contributed by atoms with E-state index in [1.165, 1.54) is 11.3 Å². The van der Waals surface area contributed by atoms with E-state index < -0.39 is 6.04 Å². The third kappa shape index (κ3) is 4.73. The van der Waals surface area contributed by atoms with Gasteiger partial charge in [-0.15, -0.1) is 0 Å². The molecule has 1 amide bonds. The molecule has 0 saturated heterocycles. The lowest BCUT2D eigenvalue weighted by molar-refractivity contribution is -0.113. The molecule has 1 atom stereocenters. The molecule has 0 fully saturated rings. The van der Waals surface area contributed by atoms with Gasteiger partial charge in [-0.3, -0.25) is 14.2 Å². The summed E-state index contributed by atoms with van der Waals surface area (Å²) in [4.78, 5) is 34.4. The molecule has 1 N–H and O–H groups in total. The van der Waals surface area contributed by atoms with Gasteiger partial charge in [-0.25, -0.2) is 4.99 Å². The molecule has 1 aliphatic rings. The molecule has 0 bridgehead atoms. The Morgan fingerprint density at radius 1 is 1.14 bits per heavy atom. The maximum Gasteiger partial charge on any atom is 0.271 e. The minimum absolute atomic E-state index is 0.253. The van der Waals surface area contributed by atoms with Crippen LogP contribution in [-0.4, -0.2) is 31.7 Å². The fraction of sp³-hybridized carbons (Fsp3) is 0.179. The highest BCUT2D eigenvalue weighted by Gasteiger charge is 2.32. The Hall–Kier alpha value is -4.37. The van der Waals surface area contributed by atoms with Crippen LogP contribution in [0.15, 0.2) is 92.2 Å². The molecule has 0 aliphatic carbocycles. The highest BCUT2D eigenvalue weighted by atomic mass is 32.1. The molecule has 37 heavy (non-hydrogen) atoms. The number of carbonyl (C=O) groups is 1. The molecule has 9 heteroatoms. The van der Waals surface area contributed by atoms with Gasteiger partial charge in [0.1, 0.15) is 11.5 Å². The summed E-state index contributed by atoms with van der Waals surface area (Å²) in [5, 5.41) is 2.95. The van der Waals surface area contributed by atoms with E-state index in [1.54, 1.807) is 24.7 Å². The van der Waals surface area contributed by atoms with Crippen molar-refractivity contribution in [3.8, 4) is 5.75 Å². The molecule has 2 aromatic heterocycles. The van der Waals surface area contributed by atoms with E-state index >= 15 is 0 Å². The van der Waals surface area contributed by atoms with Crippen LogP contribution in [-0.2, 0) is 4.79 Å². The lowest BCUT2D eigenvalue weighted by Crippen LogP contribution is -2.40. The zero-order valence-corrected chi connectivity index (χ0v) is 21.7. The number of fused-ring (bicyclic) bond motifs is 1. The molecule has 1 aliphatic heterocycles. The van der Waals surface area contributed by atoms with E-state index in [2.05, 4.69) is 10.3 Å². The third-order valence-electron chi connectivity index (χ3n) is 6.03. The van der Waals surface area contributed by atoms with E-state index in [-0.39, 0.29) is 11.5 Å². The number of hydrogen-bond acceptors (Lipinski definition) is 7. The summed E-state index contributed by atoms with van der Waals surface area (Å²) in [7, 11) is 5.35. The monoisotopic (exact) mass is 514 g/mol. The van der Waals surface area contributed by atoms with Gasteiger partial charge in [0.25, 0.3) is 11.5 Å². The van der Waals surface area contributed by atoms with Crippen LogP contribution >= 0.6 is 11.3 Å². The normalized spacial score (nSPS) is 15.2. The van der Waals surface area contributed by atoms with Gasteiger partial charge in [-0.05, 0) is 42.8 Å². The van der Waals surface area contributed by atoms with Crippen LogP contribution in [0.5, 0.6) is 5.75 Å². The van der Waals surface area contributed by atoms with Crippen molar-refractivity contribution in [2.45, 2.75) is 13.0 Å². The van der Waals surface area contributed by atoms with E-state index in [1.807, 2.05) is 85.7 Å². The number of rotatable bonds is 6. The molecule has 2 aromatic carbocycles. The Labute approximate surface area is 217 Å². The first-order valence-corrected chi connectivity index (χ1v) is 12.5. The highest BCUT2D eigenvalue weighted by molar-refractivity contribution is 7.07. The second-order valence-corrected chi connectivity index (χ2v) is 9.76. The minimum atomic E-state index is -0.689. The van der Waals surface area contributed by atoms with Crippen molar-refractivity contribution < 1.29 is 13.9 Å². The second-order valence-electron chi connectivity index (χ2n) is 8.75. The molecule has 3 heterocycles. The van der Waals surface area contributed by atoms with E-state index in [0.29, 0.717) is 43.7 Å². The summed E-state index contributed by atoms with van der Waals surface area (Å²) in [5.74, 6) is 1.55. The van der Waals surface area contributed by atoms with Crippen molar-refractivity contribution in [2.24, 2.45) is 4.99 Å². The average molecular weight is 515 g/mol. The SMILES string of the molecule is COc1cccc(C2C(C(=O)Nc3ccccc3)=C(C)N=c3sc(=Cc4ccc(N(C)C)o4)c(=O)n32)c1. The predicted molar refractivity (Wildman–Crippen MR) is 145 cm³/mol. The number of nitrogens with one attached hydrogen (secondary N) is 1. The molecule has 8 nitrogen and oxygen atoms in total. The number of furan rings is 1. The van der Waals surface area contributed by atoms with Crippen molar-refractivity contribution in [3.05, 3.63) is 109 Å². The van der Waals surface area contributed by atoms with Crippen LogP contribution in [0.1, 0.15) is 24.3 Å². The van der Waals surface area contributed by atoms with Gasteiger partial charge in [0.15, 0.2) is 10.7 Å². The van der Waals surface area contributed by atoms with Gasteiger partial charge in [0.2, 0.25) is 0 Å². The number of para-hydroxylation sites is 1. The van der Waals surface area contributed by atoms with Gasteiger partial charge < -0.3 is 19.4 Å². The third-order valence-corrected chi connectivity index (χ3v) is 7.02. The Balaban J connectivity index is 1.67. The number of ether oxygens (including phenoxy) is 1. The molecule has 0 saturated carbocycles. The van der Waals surface area contributed by atoms with Gasteiger partial charge in [0.05, 0.1) is 29.0 Å². The molecule has 0 radical (unpaired) electrons. The first-order valence-electron chi connectivity index (χ1n) is 11.7. The summed E-state index contributed by atoms with van der Waals surface area (Å²) < 4.78 is 13.3. The van der Waals surface area contributed by atoms with Gasteiger partial charge >= 0.3 is 0 Å². The topological polar surface area (TPSA) is 89.1 Å². The van der Waals surface area contributed by atoms with Crippen LogP contribution < -0.4 is 29.8 Å². The van der Waals surface area contributed by atoms with Crippen molar-refractivity contribution in [3.63, 3.8) is 0 Å². The lowest BCUT2D eigenvalue weighted by Gasteiger charge is -2.25. The molecular formula is C28H26N4O4S. The number of amides is 1. The Bertz CT molecular complexity index is 1680. The fourth-order valence-corrected chi connectivity index (χ4v) is 5.27. The Morgan fingerprint density at radius 2 is 1.92 bits per heavy atom. The lowest BCUT2D eigenvalue weighted by atomic mass is 9.95. The summed E-state index contributed by atoms with van der Waals surface area (Å²) in [6.45, 7) is 1.79. The van der Waals surface area contributed by atoms with Crippen LogP contribution in [0.25, 0.3) is 6.08 Å². The van der Waals surface area contributed by atoms with Crippen molar-refractivity contribution >= 4 is 34.9 Å². The molecule has 1 unspecified atom stereocenters. The predicted octanol–water partition coefficient (Wildman–Crippen LogP) is 3.54. The van der Waals surface area contributed by atoms with Crippen molar-refractivity contribution in [1.82, 2.24) is 4.57 Å². The number of hydrogen-bond donors (Lipinski definition) is 1. The van der Waals surface area contributed by atoms with Crippen LogP contribution in [0.3, 0.4) is 0 Å². The standard InChI is InChI=1S/C28H26N4O4S/c1-17-24(26(33)30-19-10-6-5-7-11-19)25(18-9-8-12-20(15-18)35-4)32-27(34)22(37-28(32)29-17)16-21-13-14-23(36-21)31(2)3/h5-16,25H,1-4H3,(H,30,33). The maximum absolute atomic E-state index is 13.8. The van der Waals surface area contributed by atoms with Gasteiger partial charge in [-0.2, -0.15) is 0 Å². The first kappa shape index (κ1) is 24.3. The van der Waals surface area contributed by atoms with Gasteiger partial charge in [-0.1, -0.05) is 41.7 Å². The van der Waals surface area contributed by atoms with Crippen molar-refractivity contribution in [2.75, 3.05) is 31.4 Å². The largest absolute Gasteiger partial charge is 0.497 e. The minimum Gasteiger partial charge on any atom is -0.497 e.